The zero-order valence-corrected chi connectivity index (χ0v) is 17.2. The molecule has 1 atom stereocenters. The van der Waals surface area contributed by atoms with E-state index in [0.717, 1.165) is 12.5 Å². The molecule has 4 rings (SSSR count). The van der Waals surface area contributed by atoms with Crippen LogP contribution in [0.5, 0.6) is 5.75 Å². The average molecular weight is 424 g/mol. The van der Waals surface area contributed by atoms with E-state index in [9.17, 15) is 24.3 Å². The Morgan fingerprint density at radius 3 is 2.81 bits per heavy atom. The first-order chi connectivity index (χ1) is 14.8. The molecule has 0 saturated carbocycles. The van der Waals surface area contributed by atoms with Crippen molar-refractivity contribution in [2.24, 2.45) is 0 Å². The standard InChI is InChI=1S/C22H24N4O5/c1-13-10-15(27)12-20(29)25(13)8-3-5-19(28)23-14-6-7-17-16(11-14)22(31)26-9-2-4-18(26)21(30)24-17/h6-7,10-12,18,27H,2-5,8-9H2,1H3,(H,23,28)(H,24,30)/t18-/m1/s1. The number of nitrogens with one attached hydrogen (secondary N) is 2. The molecule has 9 heteroatoms. The zero-order valence-electron chi connectivity index (χ0n) is 17.2. The van der Waals surface area contributed by atoms with Gasteiger partial charge in [0.05, 0.1) is 11.3 Å². The molecule has 0 spiro atoms. The molecule has 162 valence electrons. The maximum atomic E-state index is 12.9. The number of fused-ring (bicyclic) bond motifs is 2. The minimum absolute atomic E-state index is 0.0781. The number of anilines is 2. The summed E-state index contributed by atoms with van der Waals surface area (Å²) in [5.74, 6) is -0.713. The second-order valence-electron chi connectivity index (χ2n) is 7.90. The Morgan fingerprint density at radius 1 is 1.23 bits per heavy atom. The lowest BCUT2D eigenvalue weighted by Gasteiger charge is -2.20. The minimum Gasteiger partial charge on any atom is -0.508 e. The summed E-state index contributed by atoms with van der Waals surface area (Å²) in [5, 5.41) is 15.0. The van der Waals surface area contributed by atoms with E-state index in [4.69, 9.17) is 0 Å². The summed E-state index contributed by atoms with van der Waals surface area (Å²) < 4.78 is 1.50. The number of rotatable bonds is 5. The van der Waals surface area contributed by atoms with Gasteiger partial charge in [0.1, 0.15) is 11.8 Å². The van der Waals surface area contributed by atoms with Crippen LogP contribution in [-0.4, -0.2) is 44.9 Å². The van der Waals surface area contributed by atoms with Crippen LogP contribution >= 0.6 is 0 Å². The minimum atomic E-state index is -0.440. The van der Waals surface area contributed by atoms with Crippen molar-refractivity contribution in [2.45, 2.75) is 45.2 Å². The van der Waals surface area contributed by atoms with Crippen LogP contribution < -0.4 is 16.2 Å². The number of aromatic nitrogens is 1. The van der Waals surface area contributed by atoms with Gasteiger partial charge in [-0.15, -0.1) is 0 Å². The number of hydrogen-bond acceptors (Lipinski definition) is 5. The highest BCUT2D eigenvalue weighted by Crippen LogP contribution is 2.30. The van der Waals surface area contributed by atoms with Crippen LogP contribution in [0.4, 0.5) is 11.4 Å². The van der Waals surface area contributed by atoms with Gasteiger partial charge in [0.25, 0.3) is 11.5 Å². The summed E-state index contributed by atoms with van der Waals surface area (Å²) >= 11 is 0. The fourth-order valence-electron chi connectivity index (χ4n) is 4.18. The third kappa shape index (κ3) is 4.16. The normalized spacial score (nSPS) is 17.6. The van der Waals surface area contributed by atoms with E-state index in [1.165, 1.54) is 10.6 Å². The van der Waals surface area contributed by atoms with Crippen molar-refractivity contribution in [3.8, 4) is 5.75 Å². The molecule has 1 aromatic heterocycles. The highest BCUT2D eigenvalue weighted by molar-refractivity contribution is 6.11. The molecule has 1 aromatic carbocycles. The number of hydrogen-bond donors (Lipinski definition) is 3. The molecule has 3 heterocycles. The first-order valence-electron chi connectivity index (χ1n) is 10.3. The van der Waals surface area contributed by atoms with E-state index in [-0.39, 0.29) is 35.5 Å². The van der Waals surface area contributed by atoms with Crippen molar-refractivity contribution < 1.29 is 19.5 Å². The third-order valence-corrected chi connectivity index (χ3v) is 5.71. The van der Waals surface area contributed by atoms with Crippen molar-refractivity contribution in [1.29, 1.82) is 0 Å². The van der Waals surface area contributed by atoms with Crippen molar-refractivity contribution in [1.82, 2.24) is 9.47 Å². The van der Waals surface area contributed by atoms with Gasteiger partial charge in [-0.3, -0.25) is 19.2 Å². The first-order valence-corrected chi connectivity index (χ1v) is 10.3. The summed E-state index contributed by atoms with van der Waals surface area (Å²) in [6, 6.07) is 7.06. The van der Waals surface area contributed by atoms with Crippen LogP contribution in [0.2, 0.25) is 0 Å². The summed E-state index contributed by atoms with van der Waals surface area (Å²) in [4.78, 5) is 51.2. The van der Waals surface area contributed by atoms with Crippen LogP contribution in [0, 0.1) is 6.92 Å². The molecule has 1 fully saturated rings. The van der Waals surface area contributed by atoms with E-state index < -0.39 is 6.04 Å². The number of amides is 3. The van der Waals surface area contributed by atoms with Crippen LogP contribution in [-0.2, 0) is 16.1 Å². The average Bonchev–Trinajstić information content (AvgIpc) is 3.17. The molecule has 3 N–H and O–H groups in total. The Morgan fingerprint density at radius 2 is 2.03 bits per heavy atom. The summed E-state index contributed by atoms with van der Waals surface area (Å²) in [7, 11) is 0. The molecule has 2 aromatic rings. The SMILES string of the molecule is Cc1cc(O)cc(=O)n1CCCC(=O)Nc1ccc2c(c1)C(=O)N1CCC[C@@H]1C(=O)N2. The number of aromatic hydroxyl groups is 1. The molecule has 3 amide bonds. The van der Waals surface area contributed by atoms with Gasteiger partial charge in [0.15, 0.2) is 0 Å². The maximum absolute atomic E-state index is 12.9. The van der Waals surface area contributed by atoms with E-state index in [2.05, 4.69) is 10.6 Å². The van der Waals surface area contributed by atoms with Crippen LogP contribution in [0.25, 0.3) is 0 Å². The highest BCUT2D eigenvalue weighted by Gasteiger charge is 2.38. The van der Waals surface area contributed by atoms with Crippen molar-refractivity contribution in [2.75, 3.05) is 17.2 Å². The van der Waals surface area contributed by atoms with Gasteiger partial charge in [0, 0.05) is 37.0 Å². The van der Waals surface area contributed by atoms with Crippen molar-refractivity contribution in [3.05, 3.63) is 51.9 Å². The molecule has 9 nitrogen and oxygen atoms in total. The van der Waals surface area contributed by atoms with E-state index in [1.807, 2.05) is 0 Å². The largest absolute Gasteiger partial charge is 0.508 e. The Bertz CT molecular complexity index is 1120. The lowest BCUT2D eigenvalue weighted by molar-refractivity contribution is -0.119. The number of carbonyl (C=O) groups excluding carboxylic acids is 3. The fraction of sp³-hybridized carbons (Fsp3) is 0.364. The van der Waals surface area contributed by atoms with Gasteiger partial charge in [-0.2, -0.15) is 0 Å². The number of pyridine rings is 1. The molecule has 0 radical (unpaired) electrons. The molecule has 31 heavy (non-hydrogen) atoms. The predicted octanol–water partition coefficient (Wildman–Crippen LogP) is 1.84. The lowest BCUT2D eigenvalue weighted by atomic mass is 10.1. The Labute approximate surface area is 178 Å². The summed E-state index contributed by atoms with van der Waals surface area (Å²) in [6.45, 7) is 2.62. The Kier molecular flexibility index (Phi) is 5.50. The topological polar surface area (TPSA) is 121 Å². The van der Waals surface area contributed by atoms with Crippen molar-refractivity contribution >= 4 is 29.1 Å². The molecule has 0 aliphatic carbocycles. The summed E-state index contributed by atoms with van der Waals surface area (Å²) in [5.41, 5.74) is 1.59. The van der Waals surface area contributed by atoms with Crippen LogP contribution in [0.15, 0.2) is 35.1 Å². The number of carbonyl (C=O) groups is 3. The van der Waals surface area contributed by atoms with Crippen LogP contribution in [0.3, 0.4) is 0 Å². The molecule has 0 unspecified atom stereocenters. The Balaban J connectivity index is 1.41. The van der Waals surface area contributed by atoms with Gasteiger partial charge >= 0.3 is 0 Å². The van der Waals surface area contributed by atoms with Gasteiger partial charge in [-0.05, 0) is 50.5 Å². The van der Waals surface area contributed by atoms with Gasteiger partial charge in [-0.25, -0.2) is 0 Å². The Hall–Kier alpha value is -3.62. The van der Waals surface area contributed by atoms with Gasteiger partial charge in [0.2, 0.25) is 11.8 Å². The van der Waals surface area contributed by atoms with Crippen LogP contribution in [0.1, 0.15) is 41.7 Å². The maximum Gasteiger partial charge on any atom is 0.256 e. The van der Waals surface area contributed by atoms with Gasteiger partial charge < -0.3 is 25.2 Å². The molecule has 1 saturated heterocycles. The molecule has 2 aliphatic heterocycles. The quantitative estimate of drug-likeness (QED) is 0.676. The lowest BCUT2D eigenvalue weighted by Crippen LogP contribution is -2.40. The zero-order chi connectivity index (χ0) is 22.1. The molecular weight excluding hydrogens is 400 g/mol. The molecule has 0 bridgehead atoms. The second kappa shape index (κ2) is 8.25. The van der Waals surface area contributed by atoms with E-state index in [0.29, 0.717) is 48.6 Å². The highest BCUT2D eigenvalue weighted by atomic mass is 16.3. The molecular formula is C22H24N4O5. The monoisotopic (exact) mass is 424 g/mol. The van der Waals surface area contributed by atoms with E-state index >= 15 is 0 Å². The second-order valence-corrected chi connectivity index (χ2v) is 7.90. The third-order valence-electron chi connectivity index (χ3n) is 5.71. The van der Waals surface area contributed by atoms with Gasteiger partial charge in [-0.1, -0.05) is 0 Å². The van der Waals surface area contributed by atoms with Crippen molar-refractivity contribution in [3.63, 3.8) is 0 Å². The molecule has 2 aliphatic rings. The predicted molar refractivity (Wildman–Crippen MR) is 114 cm³/mol. The number of aryl methyl sites for hydroxylation is 1. The first kappa shape index (κ1) is 20.6. The number of nitrogens with zero attached hydrogens (tertiary/aromatic N) is 2. The smallest absolute Gasteiger partial charge is 0.256 e. The van der Waals surface area contributed by atoms with E-state index in [1.54, 1.807) is 30.0 Å². The fourth-order valence-corrected chi connectivity index (χ4v) is 4.18. The number of benzene rings is 1. The summed E-state index contributed by atoms with van der Waals surface area (Å²) in [6.07, 6.45) is 2.06.